The molecule has 1 amide bonds. The van der Waals surface area contributed by atoms with Crippen LogP contribution in [-0.4, -0.2) is 33.2 Å². The molecule has 0 atom stereocenters. The summed E-state index contributed by atoms with van der Waals surface area (Å²) in [5, 5.41) is 6.36. The van der Waals surface area contributed by atoms with Crippen molar-refractivity contribution in [3.63, 3.8) is 0 Å². The third-order valence-corrected chi connectivity index (χ3v) is 5.61. The molecule has 0 saturated carbocycles. The van der Waals surface area contributed by atoms with Gasteiger partial charge in [0.25, 0.3) is 15.9 Å². The molecule has 10 heteroatoms. The van der Waals surface area contributed by atoms with Crippen molar-refractivity contribution >= 4 is 27.5 Å². The highest BCUT2D eigenvalue weighted by molar-refractivity contribution is 7.92. The first-order valence-corrected chi connectivity index (χ1v) is 10.4. The van der Waals surface area contributed by atoms with Gasteiger partial charge in [-0.25, -0.2) is 13.1 Å². The maximum Gasteiger partial charge on any atom is 0.264 e. The molecule has 0 spiro atoms. The van der Waals surface area contributed by atoms with E-state index in [1.807, 2.05) is 0 Å². The van der Waals surface area contributed by atoms with Crippen LogP contribution in [0.1, 0.15) is 11.3 Å². The van der Waals surface area contributed by atoms with Gasteiger partial charge in [-0.2, -0.15) is 0 Å². The van der Waals surface area contributed by atoms with Crippen molar-refractivity contribution in [2.45, 2.75) is 18.7 Å². The lowest BCUT2D eigenvalue weighted by atomic mass is 10.3. The monoisotopic (exact) mass is 431 g/mol. The van der Waals surface area contributed by atoms with Crippen LogP contribution >= 0.6 is 0 Å². The summed E-state index contributed by atoms with van der Waals surface area (Å²) < 4.78 is 42.8. The summed E-state index contributed by atoms with van der Waals surface area (Å²) >= 11 is 0. The summed E-state index contributed by atoms with van der Waals surface area (Å²) in [6.45, 7) is 3.22. The zero-order valence-corrected chi connectivity index (χ0v) is 17.4. The molecular weight excluding hydrogens is 410 g/mol. The molecule has 0 unspecified atom stereocenters. The topological polar surface area (TPSA) is 120 Å². The molecule has 1 aromatic heterocycles. The van der Waals surface area contributed by atoms with Crippen LogP contribution in [0.15, 0.2) is 57.9 Å². The summed E-state index contributed by atoms with van der Waals surface area (Å²) in [7, 11) is -2.29. The SMILES string of the molecule is COc1ccc(OCC(=O)Nc2ccc(S(=O)(=O)Nc3onc(C)c3C)cc2)cc1. The second-order valence-electron chi connectivity index (χ2n) is 6.36. The normalized spacial score (nSPS) is 11.0. The Labute approximate surface area is 174 Å². The Morgan fingerprint density at radius 1 is 1.03 bits per heavy atom. The Kier molecular flexibility index (Phi) is 6.26. The van der Waals surface area contributed by atoms with Crippen molar-refractivity contribution in [2.24, 2.45) is 0 Å². The number of rotatable bonds is 8. The van der Waals surface area contributed by atoms with E-state index in [-0.39, 0.29) is 23.3 Å². The van der Waals surface area contributed by atoms with Gasteiger partial charge in [-0.05, 0) is 62.4 Å². The molecule has 1 heterocycles. The quantitative estimate of drug-likeness (QED) is 0.562. The fraction of sp³-hybridized carbons (Fsp3) is 0.200. The number of hydrogen-bond donors (Lipinski definition) is 2. The number of carbonyl (C=O) groups is 1. The van der Waals surface area contributed by atoms with Crippen LogP contribution in [0, 0.1) is 13.8 Å². The zero-order chi connectivity index (χ0) is 21.7. The molecule has 158 valence electrons. The van der Waals surface area contributed by atoms with Crippen molar-refractivity contribution in [3.05, 3.63) is 59.8 Å². The molecule has 3 rings (SSSR count). The number of benzene rings is 2. The van der Waals surface area contributed by atoms with Crippen molar-refractivity contribution in [1.82, 2.24) is 5.16 Å². The lowest BCUT2D eigenvalue weighted by Crippen LogP contribution is -2.20. The predicted molar refractivity (Wildman–Crippen MR) is 110 cm³/mol. The standard InChI is InChI=1S/C20H21N3O6S/c1-13-14(2)22-29-20(13)23-30(25,26)18-10-4-15(5-11-18)21-19(24)12-28-17-8-6-16(27-3)7-9-17/h4-11,23H,12H2,1-3H3,(H,21,24). The largest absolute Gasteiger partial charge is 0.497 e. The molecule has 30 heavy (non-hydrogen) atoms. The minimum absolute atomic E-state index is 0.0171. The molecule has 2 N–H and O–H groups in total. The van der Waals surface area contributed by atoms with Gasteiger partial charge in [0.2, 0.25) is 5.88 Å². The molecule has 0 bridgehead atoms. The van der Waals surface area contributed by atoms with E-state index in [0.29, 0.717) is 28.4 Å². The first kappa shape index (κ1) is 21.2. The van der Waals surface area contributed by atoms with E-state index < -0.39 is 10.0 Å². The second kappa shape index (κ2) is 8.87. The Hall–Kier alpha value is -3.53. The van der Waals surface area contributed by atoms with Gasteiger partial charge in [0.15, 0.2) is 6.61 Å². The second-order valence-corrected chi connectivity index (χ2v) is 8.05. The summed E-state index contributed by atoms with van der Waals surface area (Å²) in [6.07, 6.45) is 0. The van der Waals surface area contributed by atoms with Gasteiger partial charge in [-0.15, -0.1) is 0 Å². The zero-order valence-electron chi connectivity index (χ0n) is 16.6. The molecule has 0 aliphatic carbocycles. The molecule has 0 radical (unpaired) electrons. The summed E-state index contributed by atoms with van der Waals surface area (Å²) in [4.78, 5) is 12.1. The number of nitrogens with one attached hydrogen (secondary N) is 2. The van der Waals surface area contributed by atoms with Crippen LogP contribution < -0.4 is 19.5 Å². The van der Waals surface area contributed by atoms with Crippen molar-refractivity contribution < 1.29 is 27.2 Å². The fourth-order valence-electron chi connectivity index (χ4n) is 2.43. The van der Waals surface area contributed by atoms with Crippen LogP contribution in [0.3, 0.4) is 0 Å². The van der Waals surface area contributed by atoms with Gasteiger partial charge in [-0.1, -0.05) is 5.16 Å². The number of methoxy groups -OCH3 is 1. The number of amides is 1. The molecular formula is C20H21N3O6S. The average Bonchev–Trinajstić information content (AvgIpc) is 3.04. The van der Waals surface area contributed by atoms with Crippen molar-refractivity contribution in [2.75, 3.05) is 23.8 Å². The van der Waals surface area contributed by atoms with E-state index in [4.69, 9.17) is 14.0 Å². The summed E-state index contributed by atoms with van der Waals surface area (Å²) in [6, 6.07) is 12.6. The predicted octanol–water partition coefficient (Wildman–Crippen LogP) is 3.12. The number of hydrogen-bond acceptors (Lipinski definition) is 7. The maximum absolute atomic E-state index is 12.5. The third-order valence-electron chi connectivity index (χ3n) is 4.26. The van der Waals surface area contributed by atoms with E-state index in [1.54, 1.807) is 45.2 Å². The van der Waals surface area contributed by atoms with E-state index >= 15 is 0 Å². The Bertz CT molecular complexity index is 1120. The maximum atomic E-state index is 12.5. The van der Waals surface area contributed by atoms with E-state index in [0.717, 1.165) is 0 Å². The highest BCUT2D eigenvalue weighted by atomic mass is 32.2. The van der Waals surface area contributed by atoms with Gasteiger partial charge in [-0.3, -0.25) is 4.79 Å². The van der Waals surface area contributed by atoms with Crippen molar-refractivity contribution in [1.29, 1.82) is 0 Å². The number of sulfonamides is 1. The fourth-order valence-corrected chi connectivity index (χ4v) is 3.47. The van der Waals surface area contributed by atoms with Crippen LogP contribution in [0.2, 0.25) is 0 Å². The van der Waals surface area contributed by atoms with Gasteiger partial charge in [0, 0.05) is 11.3 Å². The number of aromatic nitrogens is 1. The molecule has 3 aromatic rings. The number of ether oxygens (including phenoxy) is 2. The summed E-state index contributed by atoms with van der Waals surface area (Å²) in [5.41, 5.74) is 1.64. The van der Waals surface area contributed by atoms with Gasteiger partial charge >= 0.3 is 0 Å². The molecule has 0 aliphatic heterocycles. The minimum atomic E-state index is -3.85. The number of nitrogens with zero attached hydrogens (tertiary/aromatic N) is 1. The van der Waals surface area contributed by atoms with Gasteiger partial charge in [0.05, 0.1) is 17.7 Å². The van der Waals surface area contributed by atoms with Gasteiger partial charge in [0.1, 0.15) is 11.5 Å². The van der Waals surface area contributed by atoms with E-state index in [2.05, 4.69) is 15.2 Å². The third kappa shape index (κ3) is 5.09. The molecule has 0 saturated heterocycles. The molecule has 2 aromatic carbocycles. The van der Waals surface area contributed by atoms with Crippen LogP contribution in [0.25, 0.3) is 0 Å². The Balaban J connectivity index is 1.57. The lowest BCUT2D eigenvalue weighted by Gasteiger charge is -2.09. The highest BCUT2D eigenvalue weighted by Gasteiger charge is 2.19. The average molecular weight is 431 g/mol. The molecule has 0 fully saturated rings. The number of aryl methyl sites for hydroxylation is 1. The smallest absolute Gasteiger partial charge is 0.264 e. The lowest BCUT2D eigenvalue weighted by molar-refractivity contribution is -0.118. The highest BCUT2D eigenvalue weighted by Crippen LogP contribution is 2.22. The Morgan fingerprint density at radius 3 is 2.23 bits per heavy atom. The number of carbonyl (C=O) groups excluding carboxylic acids is 1. The van der Waals surface area contributed by atoms with Crippen LogP contribution in [-0.2, 0) is 14.8 Å². The van der Waals surface area contributed by atoms with E-state index in [1.165, 1.54) is 24.3 Å². The molecule has 0 aliphatic rings. The molecule has 9 nitrogen and oxygen atoms in total. The first-order chi connectivity index (χ1) is 14.3. The van der Waals surface area contributed by atoms with Crippen LogP contribution in [0.4, 0.5) is 11.6 Å². The van der Waals surface area contributed by atoms with Crippen molar-refractivity contribution in [3.8, 4) is 11.5 Å². The Morgan fingerprint density at radius 2 is 1.67 bits per heavy atom. The first-order valence-electron chi connectivity index (χ1n) is 8.91. The number of anilines is 2. The summed E-state index contributed by atoms with van der Waals surface area (Å²) in [5.74, 6) is 0.897. The van der Waals surface area contributed by atoms with E-state index in [9.17, 15) is 13.2 Å². The van der Waals surface area contributed by atoms with Gasteiger partial charge < -0.3 is 19.3 Å². The minimum Gasteiger partial charge on any atom is -0.497 e. The van der Waals surface area contributed by atoms with Crippen LogP contribution in [0.5, 0.6) is 11.5 Å².